The summed E-state index contributed by atoms with van der Waals surface area (Å²) >= 11 is 5.80. The molecule has 4 rings (SSSR count). The molecule has 0 saturated heterocycles. The first kappa shape index (κ1) is 18.8. The Labute approximate surface area is 171 Å². The van der Waals surface area contributed by atoms with E-state index in [0.29, 0.717) is 10.6 Å². The van der Waals surface area contributed by atoms with Crippen molar-refractivity contribution in [2.24, 2.45) is 4.99 Å². The highest BCUT2D eigenvalue weighted by Gasteiger charge is 2.48. The fraction of sp³-hybridized carbons (Fsp3) is 0.348. The summed E-state index contributed by atoms with van der Waals surface area (Å²) in [5.74, 6) is 0.729. The summed E-state index contributed by atoms with van der Waals surface area (Å²) in [6.45, 7) is 2.02. The second-order valence-electron chi connectivity index (χ2n) is 7.54. The Bertz CT molecular complexity index is 926. The quantitative estimate of drug-likeness (QED) is 0.695. The smallest absolute Gasteiger partial charge is 0.260 e. The van der Waals surface area contributed by atoms with Crippen LogP contribution >= 0.6 is 12.2 Å². The van der Waals surface area contributed by atoms with Crippen molar-refractivity contribution in [1.29, 1.82) is 0 Å². The molecular weight excluding hydrogens is 368 g/mol. The van der Waals surface area contributed by atoms with Crippen LogP contribution < -0.4 is 4.74 Å². The Hall–Kier alpha value is -2.53. The lowest BCUT2D eigenvalue weighted by Gasteiger charge is -2.38. The summed E-state index contributed by atoms with van der Waals surface area (Å²) < 4.78 is 5.26. The first-order chi connectivity index (χ1) is 13.5. The molecule has 28 heavy (non-hydrogen) atoms. The molecule has 0 bridgehead atoms. The molecule has 2 aliphatic rings. The normalized spacial score (nSPS) is 18.3. The third kappa shape index (κ3) is 3.24. The monoisotopic (exact) mass is 392 g/mol. The number of ether oxygens (including phenoxy) is 1. The third-order valence-electron chi connectivity index (χ3n) is 5.66. The van der Waals surface area contributed by atoms with Gasteiger partial charge in [0.05, 0.1) is 7.11 Å². The molecular formula is C23H24N2O2S. The van der Waals surface area contributed by atoms with Crippen LogP contribution in [0.5, 0.6) is 5.75 Å². The molecule has 1 amide bonds. The fourth-order valence-corrected chi connectivity index (χ4v) is 4.51. The molecule has 1 fully saturated rings. The van der Waals surface area contributed by atoms with Gasteiger partial charge in [0.15, 0.2) is 0 Å². The van der Waals surface area contributed by atoms with Crippen LogP contribution in [0.2, 0.25) is 0 Å². The van der Waals surface area contributed by atoms with Gasteiger partial charge in [-0.2, -0.15) is 0 Å². The molecule has 5 heteroatoms. The molecule has 4 nitrogen and oxygen atoms in total. The lowest BCUT2D eigenvalue weighted by Crippen LogP contribution is -2.50. The largest absolute Gasteiger partial charge is 0.497 e. The summed E-state index contributed by atoms with van der Waals surface area (Å²) in [6, 6.07) is 15.4. The average Bonchev–Trinajstić information content (AvgIpc) is 3.00. The molecule has 1 aliphatic heterocycles. The van der Waals surface area contributed by atoms with Gasteiger partial charge >= 0.3 is 0 Å². The van der Waals surface area contributed by atoms with Crippen molar-refractivity contribution in [3.05, 3.63) is 65.2 Å². The maximum Gasteiger partial charge on any atom is 0.260 e. The molecule has 144 valence electrons. The van der Waals surface area contributed by atoms with Crippen LogP contribution in [0.1, 0.15) is 53.6 Å². The van der Waals surface area contributed by atoms with Gasteiger partial charge in [0.2, 0.25) is 0 Å². The number of amides is 1. The predicted octanol–water partition coefficient (Wildman–Crippen LogP) is 4.94. The molecule has 2 aromatic rings. The molecule has 1 heterocycles. The Kier molecular flexibility index (Phi) is 5.02. The van der Waals surface area contributed by atoms with Crippen LogP contribution in [0.25, 0.3) is 0 Å². The lowest BCUT2D eigenvalue weighted by molar-refractivity contribution is 0.0648. The molecule has 2 aromatic carbocycles. The molecule has 0 N–H and O–H groups in total. The van der Waals surface area contributed by atoms with E-state index in [4.69, 9.17) is 21.9 Å². The molecule has 1 aliphatic carbocycles. The van der Waals surface area contributed by atoms with Gasteiger partial charge in [-0.3, -0.25) is 14.7 Å². The number of hydrogen-bond donors (Lipinski definition) is 0. The Morgan fingerprint density at radius 2 is 1.68 bits per heavy atom. The van der Waals surface area contributed by atoms with E-state index in [1.165, 1.54) is 6.42 Å². The number of aryl methyl sites for hydroxylation is 1. The first-order valence-corrected chi connectivity index (χ1v) is 10.1. The Balaban J connectivity index is 1.74. The summed E-state index contributed by atoms with van der Waals surface area (Å²) in [5.41, 5.74) is 2.90. The lowest BCUT2D eigenvalue weighted by atomic mass is 9.88. The van der Waals surface area contributed by atoms with Crippen molar-refractivity contribution in [2.45, 2.75) is 44.7 Å². The molecule has 0 unspecified atom stereocenters. The van der Waals surface area contributed by atoms with Crippen molar-refractivity contribution >= 4 is 28.8 Å². The minimum absolute atomic E-state index is 0.0563. The number of nitrogens with zero attached hydrogens (tertiary/aromatic N) is 2. The van der Waals surface area contributed by atoms with Crippen LogP contribution in [0.4, 0.5) is 0 Å². The minimum atomic E-state index is -0.549. The summed E-state index contributed by atoms with van der Waals surface area (Å²) in [6.07, 6.45) is 4.99. The zero-order chi connectivity index (χ0) is 19.7. The van der Waals surface area contributed by atoms with Gasteiger partial charge in [-0.25, -0.2) is 0 Å². The Morgan fingerprint density at radius 3 is 2.29 bits per heavy atom. The molecule has 1 spiro atoms. The van der Waals surface area contributed by atoms with Gasteiger partial charge in [0, 0.05) is 11.1 Å². The van der Waals surface area contributed by atoms with E-state index >= 15 is 0 Å². The number of carbonyl (C=O) groups is 1. The van der Waals surface area contributed by atoms with E-state index in [2.05, 4.69) is 0 Å². The van der Waals surface area contributed by atoms with Crippen LogP contribution in [-0.2, 0) is 0 Å². The second kappa shape index (κ2) is 7.47. The summed E-state index contributed by atoms with van der Waals surface area (Å²) in [5, 5.41) is 0. The molecule has 0 aromatic heterocycles. The number of methoxy groups -OCH3 is 1. The second-order valence-corrected chi connectivity index (χ2v) is 7.93. The number of aliphatic imine (C=N–C) groups is 1. The summed E-state index contributed by atoms with van der Waals surface area (Å²) in [7, 11) is 1.64. The Morgan fingerprint density at radius 1 is 1.04 bits per heavy atom. The van der Waals surface area contributed by atoms with Crippen molar-refractivity contribution in [2.75, 3.05) is 7.11 Å². The number of rotatable bonds is 3. The van der Waals surface area contributed by atoms with E-state index in [1.54, 1.807) is 12.0 Å². The highest BCUT2D eigenvalue weighted by molar-refractivity contribution is 7.82. The van der Waals surface area contributed by atoms with Gasteiger partial charge in [-0.15, -0.1) is 0 Å². The zero-order valence-electron chi connectivity index (χ0n) is 16.3. The number of hydrogen-bond acceptors (Lipinski definition) is 4. The number of thiocarbonyl (C=S) groups is 1. The fourth-order valence-electron chi connectivity index (χ4n) is 4.10. The van der Waals surface area contributed by atoms with E-state index < -0.39 is 5.66 Å². The SMILES string of the molecule is COc1ccc(C2=NC3(CCCCC3)N(C(=O)c3ccc(C)cc3)C2=S)cc1. The van der Waals surface area contributed by atoms with Gasteiger partial charge in [0.1, 0.15) is 22.1 Å². The minimum Gasteiger partial charge on any atom is -0.497 e. The standard InChI is InChI=1S/C23H24N2O2S/c1-16-6-8-18(9-7-16)21(26)25-22(28)20(17-10-12-19(27-2)13-11-17)24-23(25)14-4-3-5-15-23/h6-13H,3-5,14-15H2,1-2H3. The van der Waals surface area contributed by atoms with Crippen molar-refractivity contribution in [3.8, 4) is 5.75 Å². The van der Waals surface area contributed by atoms with Gasteiger partial charge < -0.3 is 4.74 Å². The molecule has 0 radical (unpaired) electrons. The van der Waals surface area contributed by atoms with Crippen molar-refractivity contribution < 1.29 is 9.53 Å². The summed E-state index contributed by atoms with van der Waals surface area (Å²) in [4.78, 5) is 20.8. The number of carbonyl (C=O) groups excluding carboxylic acids is 1. The number of benzene rings is 2. The van der Waals surface area contributed by atoms with Gasteiger partial charge in [-0.1, -0.05) is 36.3 Å². The van der Waals surface area contributed by atoms with Crippen LogP contribution in [0, 0.1) is 6.92 Å². The van der Waals surface area contributed by atoms with Crippen molar-refractivity contribution in [3.63, 3.8) is 0 Å². The van der Waals surface area contributed by atoms with Crippen LogP contribution in [-0.4, -0.2) is 34.3 Å². The maximum absolute atomic E-state index is 13.5. The zero-order valence-corrected chi connectivity index (χ0v) is 17.1. The van der Waals surface area contributed by atoms with E-state index in [1.807, 2.05) is 55.5 Å². The first-order valence-electron chi connectivity index (χ1n) is 9.74. The highest BCUT2D eigenvalue weighted by atomic mass is 32.1. The molecule has 1 saturated carbocycles. The van der Waals surface area contributed by atoms with E-state index in [0.717, 1.165) is 48.3 Å². The van der Waals surface area contributed by atoms with Crippen LogP contribution in [0.15, 0.2) is 53.5 Å². The third-order valence-corrected chi connectivity index (χ3v) is 6.04. The van der Waals surface area contributed by atoms with Gasteiger partial charge in [0.25, 0.3) is 5.91 Å². The van der Waals surface area contributed by atoms with E-state index in [9.17, 15) is 4.79 Å². The van der Waals surface area contributed by atoms with E-state index in [-0.39, 0.29) is 5.91 Å². The molecule has 0 atom stereocenters. The van der Waals surface area contributed by atoms with Gasteiger partial charge in [-0.05, 0) is 69.0 Å². The van der Waals surface area contributed by atoms with Crippen LogP contribution in [0.3, 0.4) is 0 Å². The average molecular weight is 393 g/mol. The topological polar surface area (TPSA) is 41.9 Å². The maximum atomic E-state index is 13.5. The van der Waals surface area contributed by atoms with Crippen molar-refractivity contribution in [1.82, 2.24) is 4.90 Å². The highest BCUT2D eigenvalue weighted by Crippen LogP contribution is 2.41. The predicted molar refractivity (Wildman–Crippen MR) is 115 cm³/mol.